The fourth-order valence-corrected chi connectivity index (χ4v) is 1.67. The van der Waals surface area contributed by atoms with E-state index in [1.165, 1.54) is 9.26 Å². The molecule has 0 unspecified atom stereocenters. The molecular formula is C9H15IN2O. The summed E-state index contributed by atoms with van der Waals surface area (Å²) in [5.41, 5.74) is 1.18. The SMILES string of the molecule is CCOCc1c(I)cnn1C(C)C. The normalized spacial score (nSPS) is 11.2. The van der Waals surface area contributed by atoms with Crippen molar-refractivity contribution in [3.05, 3.63) is 15.5 Å². The van der Waals surface area contributed by atoms with Gasteiger partial charge < -0.3 is 4.74 Å². The smallest absolute Gasteiger partial charge is 0.0895 e. The van der Waals surface area contributed by atoms with Crippen molar-refractivity contribution in [3.63, 3.8) is 0 Å². The molecule has 4 heteroatoms. The Labute approximate surface area is 92.6 Å². The lowest BCUT2D eigenvalue weighted by atomic mass is 10.3. The predicted octanol–water partition coefficient (Wildman–Crippen LogP) is 2.61. The Morgan fingerprint density at radius 3 is 2.85 bits per heavy atom. The third-order valence-electron chi connectivity index (χ3n) is 1.78. The summed E-state index contributed by atoms with van der Waals surface area (Å²) in [4.78, 5) is 0. The fraction of sp³-hybridized carbons (Fsp3) is 0.667. The standard InChI is InChI=1S/C9H15IN2O/c1-4-13-6-9-8(10)5-11-12(9)7(2)3/h5,7H,4,6H2,1-3H3. The summed E-state index contributed by atoms with van der Waals surface area (Å²) in [6.45, 7) is 7.66. The molecule has 0 aliphatic carbocycles. The van der Waals surface area contributed by atoms with E-state index >= 15 is 0 Å². The Balaban J connectivity index is 2.82. The first-order valence-corrected chi connectivity index (χ1v) is 5.54. The maximum Gasteiger partial charge on any atom is 0.0895 e. The molecule has 0 N–H and O–H groups in total. The minimum Gasteiger partial charge on any atom is -0.375 e. The lowest BCUT2D eigenvalue weighted by molar-refractivity contribution is 0.126. The van der Waals surface area contributed by atoms with Gasteiger partial charge in [-0.15, -0.1) is 0 Å². The van der Waals surface area contributed by atoms with Gasteiger partial charge in [-0.25, -0.2) is 0 Å². The third-order valence-corrected chi connectivity index (χ3v) is 2.68. The third kappa shape index (κ3) is 2.67. The number of ether oxygens (including phenoxy) is 1. The molecule has 0 aromatic carbocycles. The molecule has 0 radical (unpaired) electrons. The highest BCUT2D eigenvalue weighted by molar-refractivity contribution is 14.1. The molecule has 0 fully saturated rings. The van der Waals surface area contributed by atoms with E-state index in [1.54, 1.807) is 0 Å². The van der Waals surface area contributed by atoms with Crippen molar-refractivity contribution in [2.24, 2.45) is 0 Å². The first-order chi connectivity index (χ1) is 6.16. The van der Waals surface area contributed by atoms with Crippen LogP contribution in [-0.2, 0) is 11.3 Å². The zero-order valence-corrected chi connectivity index (χ0v) is 10.4. The van der Waals surface area contributed by atoms with E-state index in [1.807, 2.05) is 17.8 Å². The zero-order valence-electron chi connectivity index (χ0n) is 8.25. The van der Waals surface area contributed by atoms with Gasteiger partial charge in [-0.1, -0.05) is 0 Å². The molecule has 1 heterocycles. The van der Waals surface area contributed by atoms with Crippen molar-refractivity contribution in [2.75, 3.05) is 6.61 Å². The van der Waals surface area contributed by atoms with E-state index in [2.05, 4.69) is 41.5 Å². The van der Waals surface area contributed by atoms with E-state index < -0.39 is 0 Å². The Morgan fingerprint density at radius 1 is 1.62 bits per heavy atom. The number of hydrogen-bond donors (Lipinski definition) is 0. The molecule has 0 atom stereocenters. The van der Waals surface area contributed by atoms with Crippen molar-refractivity contribution >= 4 is 22.6 Å². The van der Waals surface area contributed by atoms with E-state index in [0.29, 0.717) is 12.6 Å². The molecule has 1 aromatic rings. The highest BCUT2D eigenvalue weighted by Crippen LogP contribution is 2.16. The van der Waals surface area contributed by atoms with E-state index in [0.717, 1.165) is 6.61 Å². The minimum absolute atomic E-state index is 0.402. The summed E-state index contributed by atoms with van der Waals surface area (Å²) in [7, 11) is 0. The van der Waals surface area contributed by atoms with Crippen molar-refractivity contribution in [3.8, 4) is 0 Å². The number of rotatable bonds is 4. The molecule has 74 valence electrons. The number of nitrogens with zero attached hydrogens (tertiary/aromatic N) is 2. The summed E-state index contributed by atoms with van der Waals surface area (Å²) in [5, 5.41) is 4.30. The Kier molecular flexibility index (Phi) is 4.18. The summed E-state index contributed by atoms with van der Waals surface area (Å²) in [6.07, 6.45) is 1.88. The highest BCUT2D eigenvalue weighted by atomic mass is 127. The van der Waals surface area contributed by atoms with Gasteiger partial charge in [0, 0.05) is 12.6 Å². The van der Waals surface area contributed by atoms with E-state index in [4.69, 9.17) is 4.74 Å². The maximum absolute atomic E-state index is 5.38. The second-order valence-corrected chi connectivity index (χ2v) is 4.28. The van der Waals surface area contributed by atoms with Crippen molar-refractivity contribution < 1.29 is 4.74 Å². The van der Waals surface area contributed by atoms with Gasteiger partial charge in [0.25, 0.3) is 0 Å². The van der Waals surface area contributed by atoms with Gasteiger partial charge in [0.15, 0.2) is 0 Å². The molecule has 0 saturated heterocycles. The first kappa shape index (κ1) is 11.0. The lowest BCUT2D eigenvalue weighted by Gasteiger charge is -2.11. The van der Waals surface area contributed by atoms with Crippen LogP contribution in [-0.4, -0.2) is 16.4 Å². The van der Waals surface area contributed by atoms with Gasteiger partial charge in [0.1, 0.15) is 0 Å². The lowest BCUT2D eigenvalue weighted by Crippen LogP contribution is -2.09. The second-order valence-electron chi connectivity index (χ2n) is 3.11. The summed E-state index contributed by atoms with van der Waals surface area (Å²) in [6, 6.07) is 0.402. The molecule has 13 heavy (non-hydrogen) atoms. The average molecular weight is 294 g/mol. The molecule has 0 aliphatic rings. The van der Waals surface area contributed by atoms with Crippen LogP contribution in [0.5, 0.6) is 0 Å². The van der Waals surface area contributed by atoms with Gasteiger partial charge in [-0.3, -0.25) is 4.68 Å². The summed E-state index contributed by atoms with van der Waals surface area (Å²) < 4.78 is 8.58. The summed E-state index contributed by atoms with van der Waals surface area (Å²) >= 11 is 2.29. The van der Waals surface area contributed by atoms with Crippen LogP contribution in [0.15, 0.2) is 6.20 Å². The number of hydrogen-bond acceptors (Lipinski definition) is 2. The van der Waals surface area contributed by atoms with Crippen LogP contribution in [0, 0.1) is 3.57 Å². The molecule has 0 saturated carbocycles. The van der Waals surface area contributed by atoms with Crippen molar-refractivity contribution in [2.45, 2.75) is 33.4 Å². The van der Waals surface area contributed by atoms with Gasteiger partial charge in [-0.2, -0.15) is 5.10 Å². The van der Waals surface area contributed by atoms with Gasteiger partial charge in [-0.05, 0) is 43.4 Å². The van der Waals surface area contributed by atoms with Crippen LogP contribution < -0.4 is 0 Å². The molecule has 0 bridgehead atoms. The van der Waals surface area contributed by atoms with Gasteiger partial charge in [0.05, 0.1) is 22.1 Å². The number of halogens is 1. The zero-order chi connectivity index (χ0) is 9.84. The molecule has 0 spiro atoms. The molecule has 0 amide bonds. The van der Waals surface area contributed by atoms with Crippen LogP contribution in [0.3, 0.4) is 0 Å². The Bertz CT molecular complexity index is 271. The maximum atomic E-state index is 5.38. The Hall–Kier alpha value is -0.100. The largest absolute Gasteiger partial charge is 0.375 e. The second kappa shape index (κ2) is 4.95. The highest BCUT2D eigenvalue weighted by Gasteiger charge is 2.10. The molecule has 3 nitrogen and oxygen atoms in total. The minimum atomic E-state index is 0.402. The number of aromatic nitrogens is 2. The van der Waals surface area contributed by atoms with Crippen LogP contribution in [0.1, 0.15) is 32.5 Å². The first-order valence-electron chi connectivity index (χ1n) is 4.46. The molecule has 1 rings (SSSR count). The topological polar surface area (TPSA) is 27.1 Å². The molecule has 0 aliphatic heterocycles. The predicted molar refractivity (Wildman–Crippen MR) is 60.7 cm³/mol. The van der Waals surface area contributed by atoms with Crippen LogP contribution in [0.2, 0.25) is 0 Å². The van der Waals surface area contributed by atoms with Crippen molar-refractivity contribution in [1.29, 1.82) is 0 Å². The van der Waals surface area contributed by atoms with E-state index in [9.17, 15) is 0 Å². The Morgan fingerprint density at radius 2 is 2.31 bits per heavy atom. The average Bonchev–Trinajstić information content (AvgIpc) is 2.43. The molecule has 1 aromatic heterocycles. The fourth-order valence-electron chi connectivity index (χ4n) is 1.15. The quantitative estimate of drug-likeness (QED) is 0.798. The molecular weight excluding hydrogens is 279 g/mol. The van der Waals surface area contributed by atoms with Crippen LogP contribution in [0.25, 0.3) is 0 Å². The van der Waals surface area contributed by atoms with Crippen LogP contribution in [0.4, 0.5) is 0 Å². The van der Waals surface area contributed by atoms with Crippen molar-refractivity contribution in [1.82, 2.24) is 9.78 Å². The van der Waals surface area contributed by atoms with Crippen LogP contribution >= 0.6 is 22.6 Å². The van der Waals surface area contributed by atoms with Gasteiger partial charge >= 0.3 is 0 Å². The van der Waals surface area contributed by atoms with E-state index in [-0.39, 0.29) is 0 Å². The van der Waals surface area contributed by atoms with Gasteiger partial charge in [0.2, 0.25) is 0 Å². The summed E-state index contributed by atoms with van der Waals surface area (Å²) in [5.74, 6) is 0. The monoisotopic (exact) mass is 294 g/mol.